The first-order valence-electron chi connectivity index (χ1n) is 29.3. The molecule has 1 aliphatic carbocycles. The third-order valence-electron chi connectivity index (χ3n) is 12.5. The lowest BCUT2D eigenvalue weighted by molar-refractivity contribution is 0.660. The fourth-order valence-corrected chi connectivity index (χ4v) is 10.4. The zero-order chi connectivity index (χ0) is 57.8. The lowest BCUT2D eigenvalue weighted by Crippen LogP contribution is -2.14. The zero-order valence-corrected chi connectivity index (χ0v) is 35.1. The third kappa shape index (κ3) is 5.40. The molecule has 0 N–H and O–H groups in total. The van der Waals surface area contributed by atoms with Crippen molar-refractivity contribution in [2.75, 3.05) is 0 Å². The van der Waals surface area contributed by atoms with E-state index in [2.05, 4.69) is 26.0 Å². The number of nitrogens with zero attached hydrogens (tertiary/aromatic N) is 3. The van der Waals surface area contributed by atoms with Gasteiger partial charge in [-0.15, -0.1) is 11.3 Å². The minimum atomic E-state index is -0.792. The molecular formula is C60H37N3OS. The molecule has 0 unspecified atom stereocenters. The molecule has 0 bridgehead atoms. The summed E-state index contributed by atoms with van der Waals surface area (Å²) in [6, 6.07) is 16.1. The van der Waals surface area contributed by atoms with Gasteiger partial charge < -0.3 is 4.42 Å². The number of hydrogen-bond donors (Lipinski definition) is 0. The fourth-order valence-electron chi connectivity index (χ4n) is 9.45. The number of aromatic nitrogens is 3. The van der Waals surface area contributed by atoms with Crippen LogP contribution in [0, 0.1) is 0 Å². The minimum Gasteiger partial charge on any atom is -0.456 e. The van der Waals surface area contributed by atoms with E-state index in [0.717, 1.165) is 44.4 Å². The van der Waals surface area contributed by atoms with Crippen molar-refractivity contribution in [2.24, 2.45) is 0 Å². The largest absolute Gasteiger partial charge is 0.456 e. The Bertz CT molecular complexity index is 5150. The molecule has 1 aliphatic rings. The molecule has 14 rings (SSSR count). The van der Waals surface area contributed by atoms with Gasteiger partial charge >= 0.3 is 0 Å². The average Bonchev–Trinajstić information content (AvgIpc) is 1.74. The van der Waals surface area contributed by atoms with Gasteiger partial charge in [-0.2, -0.15) is 0 Å². The summed E-state index contributed by atoms with van der Waals surface area (Å²) in [5.41, 5.74) is 4.82. The van der Waals surface area contributed by atoms with Crippen molar-refractivity contribution in [1.82, 2.24) is 15.0 Å². The van der Waals surface area contributed by atoms with E-state index in [-0.39, 0.29) is 65.4 Å². The van der Waals surface area contributed by atoms with Gasteiger partial charge in [0.05, 0.1) is 23.3 Å². The molecule has 0 spiro atoms. The van der Waals surface area contributed by atoms with E-state index < -0.39 is 129 Å². The quantitative estimate of drug-likeness (QED) is 0.165. The van der Waals surface area contributed by atoms with Gasteiger partial charge in [0.15, 0.2) is 17.5 Å². The van der Waals surface area contributed by atoms with Crippen LogP contribution in [-0.4, -0.2) is 15.0 Å². The van der Waals surface area contributed by atoms with E-state index in [0.29, 0.717) is 22.3 Å². The van der Waals surface area contributed by atoms with Gasteiger partial charge in [0.1, 0.15) is 11.2 Å². The fraction of sp³-hybridized carbons (Fsp3) is 0.0500. The Morgan fingerprint density at radius 3 is 1.85 bits per heavy atom. The van der Waals surface area contributed by atoms with Crippen molar-refractivity contribution in [2.45, 2.75) is 19.3 Å². The smallest absolute Gasteiger partial charge is 0.164 e. The van der Waals surface area contributed by atoms with Crippen LogP contribution in [0.4, 0.5) is 0 Å². The highest BCUT2D eigenvalue weighted by atomic mass is 32.1. The molecule has 0 aliphatic heterocycles. The van der Waals surface area contributed by atoms with E-state index in [4.69, 9.17) is 30.3 Å². The van der Waals surface area contributed by atoms with Crippen LogP contribution < -0.4 is 0 Å². The molecule has 0 saturated heterocycles. The summed E-state index contributed by atoms with van der Waals surface area (Å²) in [6.45, 7) is 4.30. The summed E-state index contributed by atoms with van der Waals surface area (Å²) in [5, 5.41) is -0.797. The first-order valence-corrected chi connectivity index (χ1v) is 21.6. The highest BCUT2D eigenvalue weighted by Gasteiger charge is 2.37. The van der Waals surface area contributed by atoms with Crippen LogP contribution in [0.5, 0.6) is 0 Å². The summed E-state index contributed by atoms with van der Waals surface area (Å²) in [4.78, 5) is 15.1. The molecule has 0 atom stereocenters. The minimum absolute atomic E-state index is 0.0314. The first-order chi connectivity index (χ1) is 39.1. The predicted octanol–water partition coefficient (Wildman–Crippen LogP) is 16.6. The van der Waals surface area contributed by atoms with Crippen molar-refractivity contribution < 1.29 is 27.7 Å². The lowest BCUT2D eigenvalue weighted by Gasteiger charge is -2.21. The Labute approximate surface area is 402 Å². The number of hydrogen-bond acceptors (Lipinski definition) is 5. The summed E-state index contributed by atoms with van der Waals surface area (Å²) in [7, 11) is 0. The van der Waals surface area contributed by atoms with Crippen LogP contribution in [0.3, 0.4) is 0 Å². The molecular weight excluding hydrogens is 811 g/mol. The molecule has 65 heavy (non-hydrogen) atoms. The Hall–Kier alpha value is -7.99. The summed E-state index contributed by atoms with van der Waals surface area (Å²) in [6.07, 6.45) is 0. The van der Waals surface area contributed by atoms with Crippen molar-refractivity contribution in [1.29, 1.82) is 0 Å². The highest BCUT2D eigenvalue weighted by molar-refractivity contribution is 7.25. The van der Waals surface area contributed by atoms with Gasteiger partial charge in [0.2, 0.25) is 0 Å². The van der Waals surface area contributed by atoms with Gasteiger partial charge in [-0.3, -0.25) is 0 Å². The van der Waals surface area contributed by atoms with Gasteiger partial charge in [0.25, 0.3) is 0 Å². The SMILES string of the molecule is [2H]c1c(-c2c([2H])c([2H])c3c4c([2H])c([2H])c([2H])c([2H])c4c4c([2H])c([2H])c([2H])c([2H])c4c3c2[2H])c([2H])c2c(sc3c([2H])c(-c4nc(-c5ccc6c(c5)oc5ccccc56)nc(-c5cccc6c5-c5ccccc5C6(C)C)n4)c([2H])c([2H])c32)c1[2H]. The topological polar surface area (TPSA) is 51.8 Å². The van der Waals surface area contributed by atoms with Crippen LogP contribution in [0.25, 0.3) is 131 Å². The van der Waals surface area contributed by atoms with Crippen molar-refractivity contribution >= 4 is 85.8 Å². The Morgan fingerprint density at radius 1 is 0.431 bits per heavy atom. The molecule has 0 saturated carbocycles. The number of benzene rings is 10. The van der Waals surface area contributed by atoms with Gasteiger partial charge in [-0.25, -0.2) is 15.0 Å². The highest BCUT2D eigenvalue weighted by Crippen LogP contribution is 2.52. The van der Waals surface area contributed by atoms with Crippen LogP contribution in [0.2, 0.25) is 0 Å². The number of furan rings is 1. The monoisotopic (exact) mass is 864 g/mol. The van der Waals surface area contributed by atoms with Crippen molar-refractivity contribution in [3.05, 3.63) is 199 Å². The summed E-state index contributed by atoms with van der Waals surface area (Å²) in [5.74, 6) is 0.282. The second-order valence-electron chi connectivity index (χ2n) is 16.5. The normalized spacial score (nSPS) is 16.9. The molecule has 4 nitrogen and oxygen atoms in total. The van der Waals surface area contributed by atoms with Gasteiger partial charge in [-0.05, 0) is 108 Å². The molecule has 13 aromatic rings. The molecule has 3 aromatic heterocycles. The standard InChI is InChI=1S/C60H37N3OS/c1-60(2)50-19-9-7-17-46(50)56-47(18-11-20-51(56)60)59-62-57(36-23-27-44-43-16-8-10-21-52(43)64-53(44)32-36)61-58(63-59)37-24-28-45-49-31-35(25-29-54(49)65-55(45)33-37)34-22-26-42-40-14-4-3-12-38(40)39-13-5-6-15-41(39)48(42)30-34/h3-33H,1-2H3/i3D,4D,5D,6D,12D,13D,14D,15D,22D,24D,25D,26D,28D,29D,30D,31D,33D. The number of para-hydroxylation sites is 1. The van der Waals surface area contributed by atoms with E-state index in [1.54, 1.807) is 0 Å². The van der Waals surface area contributed by atoms with Gasteiger partial charge in [-0.1, -0.05) is 159 Å². The Morgan fingerprint density at radius 2 is 1.03 bits per heavy atom. The van der Waals surface area contributed by atoms with Crippen LogP contribution in [0.1, 0.15) is 48.3 Å². The molecule has 0 radical (unpaired) electrons. The molecule has 304 valence electrons. The maximum atomic E-state index is 9.93. The van der Waals surface area contributed by atoms with Crippen molar-refractivity contribution in [3.63, 3.8) is 0 Å². The number of fused-ring (bicyclic) bond motifs is 15. The average molecular weight is 865 g/mol. The van der Waals surface area contributed by atoms with Crippen LogP contribution >= 0.6 is 11.3 Å². The van der Waals surface area contributed by atoms with E-state index in [9.17, 15) is 12.3 Å². The Kier molecular flexibility index (Phi) is 4.91. The van der Waals surface area contributed by atoms with Gasteiger partial charge in [0, 0.05) is 53.1 Å². The maximum Gasteiger partial charge on any atom is 0.164 e. The number of rotatable bonds is 4. The second-order valence-corrected chi connectivity index (χ2v) is 17.5. The van der Waals surface area contributed by atoms with E-state index in [1.807, 2.05) is 72.8 Å². The maximum absolute atomic E-state index is 9.93. The third-order valence-corrected chi connectivity index (χ3v) is 13.6. The predicted molar refractivity (Wildman–Crippen MR) is 272 cm³/mol. The summed E-state index contributed by atoms with van der Waals surface area (Å²) < 4.78 is 164. The molecule has 10 aromatic carbocycles. The first kappa shape index (κ1) is 23.6. The molecule has 3 heterocycles. The summed E-state index contributed by atoms with van der Waals surface area (Å²) >= 11 is 0.832. The molecule has 0 fully saturated rings. The Balaban J connectivity index is 1.04. The number of thiophene rings is 1. The lowest BCUT2D eigenvalue weighted by atomic mass is 9.82. The van der Waals surface area contributed by atoms with Crippen LogP contribution in [0.15, 0.2) is 192 Å². The van der Waals surface area contributed by atoms with Crippen molar-refractivity contribution in [3.8, 4) is 56.4 Å². The van der Waals surface area contributed by atoms with E-state index >= 15 is 0 Å². The zero-order valence-electron chi connectivity index (χ0n) is 51.2. The molecule has 5 heteroatoms. The van der Waals surface area contributed by atoms with Crippen LogP contribution in [-0.2, 0) is 5.41 Å². The molecule has 0 amide bonds. The second kappa shape index (κ2) is 13.5. The van der Waals surface area contributed by atoms with E-state index in [1.165, 1.54) is 0 Å².